The first kappa shape index (κ1) is 35.0. The zero-order valence-electron chi connectivity index (χ0n) is 24.2. The van der Waals surface area contributed by atoms with Crippen molar-refractivity contribution in [3.8, 4) is 34.5 Å². The molecular weight excluding hydrogens is 620 g/mol. The van der Waals surface area contributed by atoms with Gasteiger partial charge in [-0.2, -0.15) is 0 Å². The van der Waals surface area contributed by atoms with Gasteiger partial charge in [0.15, 0.2) is 41.7 Å². The number of phenols is 6. The van der Waals surface area contributed by atoms with E-state index in [2.05, 4.69) is 0 Å². The fraction of sp³-hybridized carbons (Fsp3) is 0.483. The maximum absolute atomic E-state index is 12.8. The second-order valence-electron chi connectivity index (χ2n) is 10.7. The topological polar surface area (TPSA) is 286 Å². The van der Waals surface area contributed by atoms with E-state index in [9.17, 15) is 61.0 Å². The van der Waals surface area contributed by atoms with Crippen LogP contribution in [-0.4, -0.2) is 137 Å². The van der Waals surface area contributed by atoms with E-state index in [4.69, 9.17) is 23.7 Å². The maximum Gasteiger partial charge on any atom is 0.331 e. The largest absolute Gasteiger partial charge is 0.504 e. The molecule has 0 spiro atoms. The summed E-state index contributed by atoms with van der Waals surface area (Å²) in [5.41, 5.74) is 0.0827. The Morgan fingerprint density at radius 1 is 0.783 bits per heavy atom. The van der Waals surface area contributed by atoms with Crippen molar-refractivity contribution in [3.63, 3.8) is 0 Å². The van der Waals surface area contributed by atoms with E-state index < -0.39 is 108 Å². The van der Waals surface area contributed by atoms with Crippen molar-refractivity contribution >= 4 is 12.0 Å². The number of aromatic hydroxyl groups is 6. The minimum atomic E-state index is -1.83. The summed E-state index contributed by atoms with van der Waals surface area (Å²) in [4.78, 5) is 12.8. The Kier molecular flexibility index (Phi) is 11.1. The van der Waals surface area contributed by atoms with Gasteiger partial charge in [0.05, 0.1) is 19.3 Å². The first-order chi connectivity index (χ1) is 21.7. The van der Waals surface area contributed by atoms with Crippen LogP contribution in [0.25, 0.3) is 6.08 Å². The zero-order valence-corrected chi connectivity index (χ0v) is 24.2. The highest BCUT2D eigenvalue weighted by Crippen LogP contribution is 2.39. The molecule has 2 fully saturated rings. The normalized spacial score (nSPS) is 31.6. The summed E-state index contributed by atoms with van der Waals surface area (Å²) >= 11 is 0. The molecule has 10 atom stereocenters. The third-order valence-corrected chi connectivity index (χ3v) is 7.57. The zero-order chi connectivity index (χ0) is 33.9. The number of aliphatic hydroxyl groups excluding tert-OH is 5. The molecule has 0 bridgehead atoms. The third kappa shape index (κ3) is 7.38. The van der Waals surface area contributed by atoms with Crippen molar-refractivity contribution in [2.45, 2.75) is 74.8 Å². The van der Waals surface area contributed by atoms with Crippen molar-refractivity contribution in [2.75, 3.05) is 13.2 Å². The maximum atomic E-state index is 12.8. The molecule has 11 N–H and O–H groups in total. The van der Waals surface area contributed by atoms with Crippen LogP contribution in [0.15, 0.2) is 30.3 Å². The van der Waals surface area contributed by atoms with Gasteiger partial charge in [0.1, 0.15) is 36.6 Å². The Labute approximate surface area is 260 Å². The van der Waals surface area contributed by atoms with Crippen molar-refractivity contribution in [1.29, 1.82) is 0 Å². The number of ether oxygens (including phenoxy) is 5. The smallest absolute Gasteiger partial charge is 0.331 e. The standard InChI is InChI=1S/C29H36O17/c1-11-18(34)23(39)24(40)29(43-11)46-27-25(41)28(42-9-8-13-3-6-15(32)22(38)20(13)36)44-16(10-30)26(27)45-17(33)7-4-12-2-5-14(31)21(37)19(12)35/h2-7,11,16,18,23-32,34-41H,8-10H2,1H3/b7-4+/t11-,16+,18-,23+,24+,25+,26+,27+,28+,29-/m0/s1. The van der Waals surface area contributed by atoms with Crippen LogP contribution in [0.2, 0.25) is 0 Å². The summed E-state index contributed by atoms with van der Waals surface area (Å²) in [5, 5.41) is 111. The Hall–Kier alpha value is -3.91. The van der Waals surface area contributed by atoms with Crippen molar-refractivity contribution < 1.29 is 84.7 Å². The number of hydrogen-bond donors (Lipinski definition) is 11. The molecule has 254 valence electrons. The van der Waals surface area contributed by atoms with E-state index in [0.29, 0.717) is 0 Å². The van der Waals surface area contributed by atoms with Gasteiger partial charge in [-0.05, 0) is 37.6 Å². The summed E-state index contributed by atoms with van der Waals surface area (Å²) < 4.78 is 27.9. The number of carbonyl (C=O) groups is 1. The number of phenolic OH excluding ortho intramolecular Hbond substituents is 6. The molecule has 0 aromatic heterocycles. The van der Waals surface area contributed by atoms with E-state index in [1.807, 2.05) is 0 Å². The molecule has 2 aliphatic rings. The average molecular weight is 657 g/mol. The fourth-order valence-corrected chi connectivity index (χ4v) is 4.91. The SMILES string of the molecule is C[C@@H]1O[C@@H](O[C@@H]2[C@@H](O)[C@H](OCCc3ccc(O)c(O)c3O)O[C@H](CO)[C@H]2OC(=O)/C=C/c2ccc(O)c(O)c2O)[C@H](O)[C@H](O)[C@H]1O. The highest BCUT2D eigenvalue weighted by atomic mass is 16.7. The van der Waals surface area contributed by atoms with Crippen LogP contribution in [0.1, 0.15) is 18.1 Å². The number of rotatable bonds is 10. The number of hydrogen-bond acceptors (Lipinski definition) is 17. The fourth-order valence-electron chi connectivity index (χ4n) is 4.91. The number of esters is 1. The molecule has 2 heterocycles. The molecule has 0 unspecified atom stereocenters. The van der Waals surface area contributed by atoms with Crippen molar-refractivity contribution in [3.05, 3.63) is 41.5 Å². The van der Waals surface area contributed by atoms with E-state index in [-0.39, 0.29) is 24.2 Å². The predicted octanol–water partition coefficient (Wildman–Crippen LogP) is -1.60. The summed E-state index contributed by atoms with van der Waals surface area (Å²) in [5.74, 6) is -5.18. The Morgan fingerprint density at radius 3 is 2.11 bits per heavy atom. The molecule has 0 aliphatic carbocycles. The molecule has 17 nitrogen and oxygen atoms in total. The summed E-state index contributed by atoms with van der Waals surface area (Å²) in [6.45, 7) is 0.304. The van der Waals surface area contributed by atoms with Gasteiger partial charge in [-0.15, -0.1) is 0 Å². The third-order valence-electron chi connectivity index (χ3n) is 7.57. The lowest BCUT2D eigenvalue weighted by atomic mass is 9.97. The molecular formula is C29H36O17. The van der Waals surface area contributed by atoms with Crippen LogP contribution in [0.4, 0.5) is 0 Å². The number of carbonyl (C=O) groups excluding carboxylic acids is 1. The number of benzene rings is 2. The molecule has 2 saturated heterocycles. The van der Waals surface area contributed by atoms with Crippen LogP contribution < -0.4 is 0 Å². The Balaban J connectivity index is 1.55. The van der Waals surface area contributed by atoms with Crippen LogP contribution in [0.3, 0.4) is 0 Å². The van der Waals surface area contributed by atoms with Gasteiger partial charge in [0, 0.05) is 17.2 Å². The molecule has 0 saturated carbocycles. The van der Waals surface area contributed by atoms with E-state index >= 15 is 0 Å². The first-order valence-corrected chi connectivity index (χ1v) is 14.0. The Bertz CT molecular complexity index is 1400. The van der Waals surface area contributed by atoms with E-state index in [1.165, 1.54) is 19.1 Å². The monoisotopic (exact) mass is 656 g/mol. The highest BCUT2D eigenvalue weighted by molar-refractivity contribution is 5.88. The van der Waals surface area contributed by atoms with Crippen LogP contribution in [-0.2, 0) is 34.9 Å². The van der Waals surface area contributed by atoms with Crippen LogP contribution in [0, 0.1) is 0 Å². The second-order valence-corrected chi connectivity index (χ2v) is 10.7. The van der Waals surface area contributed by atoms with Gasteiger partial charge in [-0.1, -0.05) is 6.07 Å². The highest BCUT2D eigenvalue weighted by Gasteiger charge is 2.52. The summed E-state index contributed by atoms with van der Waals surface area (Å²) in [7, 11) is 0. The average Bonchev–Trinajstić information content (AvgIpc) is 3.03. The number of aliphatic hydroxyl groups is 5. The quantitative estimate of drug-likeness (QED) is 0.0779. The lowest BCUT2D eigenvalue weighted by molar-refractivity contribution is -0.357. The lowest BCUT2D eigenvalue weighted by Gasteiger charge is -2.46. The molecule has 17 heteroatoms. The van der Waals surface area contributed by atoms with Gasteiger partial charge < -0.3 is 79.9 Å². The summed E-state index contributed by atoms with van der Waals surface area (Å²) in [6.07, 6.45) is -14.1. The minimum Gasteiger partial charge on any atom is -0.504 e. The van der Waals surface area contributed by atoms with Crippen molar-refractivity contribution in [1.82, 2.24) is 0 Å². The van der Waals surface area contributed by atoms with Crippen LogP contribution in [0.5, 0.6) is 34.5 Å². The first-order valence-electron chi connectivity index (χ1n) is 14.0. The molecule has 0 radical (unpaired) electrons. The van der Waals surface area contributed by atoms with E-state index in [0.717, 1.165) is 24.3 Å². The van der Waals surface area contributed by atoms with Crippen LogP contribution >= 0.6 is 0 Å². The van der Waals surface area contributed by atoms with Gasteiger partial charge in [0.2, 0.25) is 11.5 Å². The molecule has 0 amide bonds. The molecule has 2 aromatic carbocycles. The van der Waals surface area contributed by atoms with Gasteiger partial charge >= 0.3 is 5.97 Å². The Morgan fingerprint density at radius 2 is 1.43 bits per heavy atom. The summed E-state index contributed by atoms with van der Waals surface area (Å²) in [6, 6.07) is 4.71. The molecule has 46 heavy (non-hydrogen) atoms. The van der Waals surface area contributed by atoms with Crippen molar-refractivity contribution in [2.24, 2.45) is 0 Å². The molecule has 4 rings (SSSR count). The van der Waals surface area contributed by atoms with Gasteiger partial charge in [-0.3, -0.25) is 0 Å². The van der Waals surface area contributed by atoms with Gasteiger partial charge in [0.25, 0.3) is 0 Å². The minimum absolute atomic E-state index is 0.0590. The van der Waals surface area contributed by atoms with Gasteiger partial charge in [-0.25, -0.2) is 4.79 Å². The lowest BCUT2D eigenvalue weighted by Crippen LogP contribution is -2.65. The molecule has 2 aliphatic heterocycles. The predicted molar refractivity (Wildman–Crippen MR) is 150 cm³/mol. The second kappa shape index (κ2) is 14.7. The van der Waals surface area contributed by atoms with E-state index in [1.54, 1.807) is 0 Å². The molecule has 2 aromatic rings.